The van der Waals surface area contributed by atoms with Crippen LogP contribution in [0.4, 0.5) is 8.78 Å². The van der Waals surface area contributed by atoms with Gasteiger partial charge < -0.3 is 29.1 Å². The predicted molar refractivity (Wildman–Crippen MR) is 86.3 cm³/mol. The summed E-state index contributed by atoms with van der Waals surface area (Å²) in [6.07, 6.45) is 5.43. The monoisotopic (exact) mass is 439 g/mol. The minimum Gasteiger partial charge on any atom is -1.00 e. The highest BCUT2D eigenvalue weighted by Crippen LogP contribution is 2.20. The Morgan fingerprint density at radius 1 is 1.04 bits per heavy atom. The zero-order chi connectivity index (χ0) is 16.4. The Bertz CT molecular complexity index is 886. The van der Waals surface area contributed by atoms with Crippen LogP contribution in [0.25, 0.3) is 23.1 Å². The number of aryl methyl sites for hydroxylation is 1. The Hall–Kier alpha value is -1.86. The van der Waals surface area contributed by atoms with Crippen molar-refractivity contribution in [3.8, 4) is 0 Å². The molecule has 0 aliphatic carbocycles. The first-order chi connectivity index (χ1) is 11.1. The van der Waals surface area contributed by atoms with Gasteiger partial charge in [-0.2, -0.15) is 0 Å². The number of aliphatic hydroxyl groups excluding tert-OH is 1. The lowest BCUT2D eigenvalue weighted by Gasteiger charge is -2.04. The molecule has 5 heteroatoms. The Balaban J connectivity index is 0.00000208. The van der Waals surface area contributed by atoms with Crippen molar-refractivity contribution in [1.82, 2.24) is 0 Å². The van der Waals surface area contributed by atoms with E-state index in [0.717, 1.165) is 16.5 Å². The first-order valence-electron chi connectivity index (χ1n) is 7.24. The molecule has 3 aromatic rings. The quantitative estimate of drug-likeness (QED) is 0.470. The van der Waals surface area contributed by atoms with Crippen molar-refractivity contribution in [2.24, 2.45) is 7.05 Å². The SMILES string of the molecule is C[n+]1ccc(/C=C/c2cc(F)c(CO)c(F)c2)c2ccccc21.[I-]. The summed E-state index contributed by atoms with van der Waals surface area (Å²) in [4.78, 5) is 0. The summed E-state index contributed by atoms with van der Waals surface area (Å²) in [6, 6.07) is 12.3. The second kappa shape index (κ2) is 7.81. The summed E-state index contributed by atoms with van der Waals surface area (Å²) in [5, 5.41) is 10.00. The van der Waals surface area contributed by atoms with Crippen molar-refractivity contribution < 1.29 is 42.4 Å². The van der Waals surface area contributed by atoms with Gasteiger partial charge in [0.2, 0.25) is 5.52 Å². The fourth-order valence-electron chi connectivity index (χ4n) is 2.59. The Labute approximate surface area is 156 Å². The van der Waals surface area contributed by atoms with E-state index in [0.29, 0.717) is 5.56 Å². The average molecular weight is 439 g/mol. The molecule has 1 aromatic heterocycles. The van der Waals surface area contributed by atoms with Crippen LogP contribution >= 0.6 is 0 Å². The lowest BCUT2D eigenvalue weighted by atomic mass is 10.1. The van der Waals surface area contributed by atoms with Crippen molar-refractivity contribution >= 4 is 23.1 Å². The van der Waals surface area contributed by atoms with Gasteiger partial charge in [-0.25, -0.2) is 13.3 Å². The molecule has 0 spiro atoms. The number of rotatable bonds is 3. The smallest absolute Gasteiger partial charge is 0.212 e. The molecule has 124 valence electrons. The topological polar surface area (TPSA) is 24.1 Å². The minimum atomic E-state index is -0.739. The van der Waals surface area contributed by atoms with E-state index in [4.69, 9.17) is 5.11 Å². The van der Waals surface area contributed by atoms with E-state index >= 15 is 0 Å². The highest BCUT2D eigenvalue weighted by atomic mass is 127. The summed E-state index contributed by atoms with van der Waals surface area (Å²) >= 11 is 0. The minimum absolute atomic E-state index is 0. The number of hydrogen-bond acceptors (Lipinski definition) is 1. The molecular formula is C19H16F2INO. The van der Waals surface area contributed by atoms with Crippen LogP contribution in [0, 0.1) is 11.6 Å². The lowest BCUT2D eigenvalue weighted by molar-refractivity contribution is -0.644. The molecule has 0 aliphatic heterocycles. The van der Waals surface area contributed by atoms with Crippen LogP contribution < -0.4 is 28.5 Å². The molecule has 0 fully saturated rings. The van der Waals surface area contributed by atoms with Crippen LogP contribution in [0.5, 0.6) is 0 Å². The molecule has 2 nitrogen and oxygen atoms in total. The molecule has 0 saturated carbocycles. The maximum Gasteiger partial charge on any atom is 0.212 e. The third-order valence-corrected chi connectivity index (χ3v) is 3.85. The van der Waals surface area contributed by atoms with Crippen LogP contribution in [0.15, 0.2) is 48.7 Å². The highest BCUT2D eigenvalue weighted by Gasteiger charge is 2.10. The lowest BCUT2D eigenvalue weighted by Crippen LogP contribution is -3.00. The molecule has 3 rings (SSSR count). The van der Waals surface area contributed by atoms with Gasteiger partial charge in [0.25, 0.3) is 0 Å². The fraction of sp³-hybridized carbons (Fsp3) is 0.105. The highest BCUT2D eigenvalue weighted by molar-refractivity contribution is 5.88. The maximum absolute atomic E-state index is 13.7. The molecule has 1 heterocycles. The van der Waals surface area contributed by atoms with Crippen molar-refractivity contribution in [2.75, 3.05) is 0 Å². The number of aromatic nitrogens is 1. The third kappa shape index (κ3) is 3.62. The fourth-order valence-corrected chi connectivity index (χ4v) is 2.59. The molecule has 2 aromatic carbocycles. The van der Waals surface area contributed by atoms with Gasteiger partial charge in [-0.05, 0) is 29.3 Å². The zero-order valence-corrected chi connectivity index (χ0v) is 15.2. The molecule has 0 aliphatic rings. The average Bonchev–Trinajstić information content (AvgIpc) is 2.54. The number of pyridine rings is 1. The number of benzene rings is 2. The summed E-state index contributed by atoms with van der Waals surface area (Å²) in [5.41, 5.74) is 2.14. The molecule has 0 unspecified atom stereocenters. The van der Waals surface area contributed by atoms with E-state index in [1.165, 1.54) is 12.1 Å². The normalized spacial score (nSPS) is 11.0. The van der Waals surface area contributed by atoms with Gasteiger partial charge in [-0.1, -0.05) is 24.3 Å². The number of fused-ring (bicyclic) bond motifs is 1. The van der Waals surface area contributed by atoms with E-state index < -0.39 is 18.2 Å². The summed E-state index contributed by atoms with van der Waals surface area (Å²) < 4.78 is 29.4. The first-order valence-corrected chi connectivity index (χ1v) is 7.24. The number of aliphatic hydroxyl groups is 1. The van der Waals surface area contributed by atoms with Gasteiger partial charge in [-0.15, -0.1) is 0 Å². The molecular weight excluding hydrogens is 423 g/mol. The molecule has 0 saturated heterocycles. The van der Waals surface area contributed by atoms with Crippen LogP contribution in [0.3, 0.4) is 0 Å². The number of para-hydroxylation sites is 1. The predicted octanol–water partition coefficient (Wildman–Crippen LogP) is 0.609. The van der Waals surface area contributed by atoms with E-state index in [1.54, 1.807) is 6.08 Å². The molecule has 0 atom stereocenters. The molecule has 0 amide bonds. The van der Waals surface area contributed by atoms with Crippen LogP contribution in [0.1, 0.15) is 16.7 Å². The zero-order valence-electron chi connectivity index (χ0n) is 13.0. The van der Waals surface area contributed by atoms with E-state index in [2.05, 4.69) is 0 Å². The second-order valence-corrected chi connectivity index (χ2v) is 5.35. The van der Waals surface area contributed by atoms with E-state index in [9.17, 15) is 8.78 Å². The third-order valence-electron chi connectivity index (χ3n) is 3.85. The van der Waals surface area contributed by atoms with Gasteiger partial charge >= 0.3 is 0 Å². The number of halogens is 3. The Kier molecular flexibility index (Phi) is 6.01. The second-order valence-electron chi connectivity index (χ2n) is 5.35. The van der Waals surface area contributed by atoms with Crippen molar-refractivity contribution in [2.45, 2.75) is 6.61 Å². The van der Waals surface area contributed by atoms with Crippen molar-refractivity contribution in [3.63, 3.8) is 0 Å². The Morgan fingerprint density at radius 3 is 2.38 bits per heavy atom. The van der Waals surface area contributed by atoms with Gasteiger partial charge in [0.05, 0.1) is 12.0 Å². The van der Waals surface area contributed by atoms with Gasteiger partial charge in [0.1, 0.15) is 18.7 Å². The molecule has 0 radical (unpaired) electrons. The summed E-state index contributed by atoms with van der Waals surface area (Å²) in [5.74, 6) is -1.48. The largest absolute Gasteiger partial charge is 1.00 e. The number of nitrogens with zero attached hydrogens (tertiary/aromatic N) is 1. The van der Waals surface area contributed by atoms with Crippen LogP contribution in [-0.4, -0.2) is 5.11 Å². The summed E-state index contributed by atoms with van der Waals surface area (Å²) in [7, 11) is 1.97. The van der Waals surface area contributed by atoms with E-state index in [1.807, 2.05) is 54.2 Å². The van der Waals surface area contributed by atoms with E-state index in [-0.39, 0.29) is 29.5 Å². The first kappa shape index (κ1) is 18.5. The van der Waals surface area contributed by atoms with Crippen molar-refractivity contribution in [3.05, 3.63) is 77.0 Å². The molecule has 24 heavy (non-hydrogen) atoms. The maximum atomic E-state index is 13.7. The van der Waals surface area contributed by atoms with Crippen LogP contribution in [0.2, 0.25) is 0 Å². The summed E-state index contributed by atoms with van der Waals surface area (Å²) in [6.45, 7) is -0.651. The number of hydrogen-bond donors (Lipinski definition) is 1. The van der Waals surface area contributed by atoms with Gasteiger partial charge in [0, 0.05) is 17.7 Å². The standard InChI is InChI=1S/C19H16F2NO.HI/c1-22-9-8-14(15-4-2-3-5-19(15)22)7-6-13-10-17(20)16(12-23)18(21)11-13;/h2-11,23H,12H2,1H3;1H/q+1;/p-1/b7-6+;. The van der Waals surface area contributed by atoms with Gasteiger partial charge in [-0.3, -0.25) is 0 Å². The van der Waals surface area contributed by atoms with Crippen LogP contribution in [-0.2, 0) is 13.7 Å². The molecule has 0 bridgehead atoms. The van der Waals surface area contributed by atoms with Gasteiger partial charge in [0.15, 0.2) is 6.20 Å². The Morgan fingerprint density at radius 2 is 1.71 bits per heavy atom. The molecule has 1 N–H and O–H groups in total. The van der Waals surface area contributed by atoms with Crippen molar-refractivity contribution in [1.29, 1.82) is 0 Å².